The Kier molecular flexibility index (Phi) is 29.3. The van der Waals surface area contributed by atoms with Crippen LogP contribution in [-0.2, 0) is 0 Å². The first-order valence-electron chi connectivity index (χ1n) is 14.1. The van der Waals surface area contributed by atoms with Crippen molar-refractivity contribution < 1.29 is 5.11 Å². The smallest absolute Gasteiger partial charge is 0.147 e. The van der Waals surface area contributed by atoms with Crippen LogP contribution in [0.15, 0.2) is 0 Å². The van der Waals surface area contributed by atoms with E-state index in [1.165, 1.54) is 134 Å². The zero-order valence-electron chi connectivity index (χ0n) is 21.8. The summed E-state index contributed by atoms with van der Waals surface area (Å²) < 4.78 is 0. The number of unbranched alkanes of at least 4 members (excludes halogenated alkanes) is 15. The number of aliphatic hydroxyl groups is 1. The minimum atomic E-state index is -1.40. The van der Waals surface area contributed by atoms with E-state index < -0.39 is 7.41 Å². The maximum atomic E-state index is 9.33. The van der Waals surface area contributed by atoms with Gasteiger partial charge in [0.05, 0.1) is 0 Å². The average molecular weight is 482 g/mol. The minimum Gasteiger partial charge on any atom is -0.147 e. The molecule has 192 valence electrons. The Hall–Kier alpha value is 0.640. The quantitative estimate of drug-likeness (QED) is 0.101. The zero-order chi connectivity index (χ0) is 22.2. The second-order valence-corrected chi connectivity index (χ2v) is 14.3. The SMILES string of the molecule is CCCCCCCC[PH](CCCCCCCC)(CCCCCCCC)NCCCO.Cl. The van der Waals surface area contributed by atoms with Gasteiger partial charge in [0.25, 0.3) is 0 Å². The summed E-state index contributed by atoms with van der Waals surface area (Å²) in [6, 6.07) is 0. The van der Waals surface area contributed by atoms with E-state index in [1.54, 1.807) is 0 Å². The number of nitrogens with one attached hydrogen (secondary N) is 1. The van der Waals surface area contributed by atoms with E-state index >= 15 is 0 Å². The van der Waals surface area contributed by atoms with Crippen molar-refractivity contribution in [2.24, 2.45) is 0 Å². The van der Waals surface area contributed by atoms with Gasteiger partial charge in [0, 0.05) is 0 Å². The molecule has 0 atom stereocenters. The van der Waals surface area contributed by atoms with Crippen molar-refractivity contribution in [1.82, 2.24) is 5.09 Å². The van der Waals surface area contributed by atoms with Crippen molar-refractivity contribution in [2.45, 2.75) is 143 Å². The van der Waals surface area contributed by atoms with Gasteiger partial charge in [-0.1, -0.05) is 0 Å². The number of halogens is 1. The summed E-state index contributed by atoms with van der Waals surface area (Å²) in [7, 11) is -1.40. The molecule has 2 N–H and O–H groups in total. The van der Waals surface area contributed by atoms with E-state index in [4.69, 9.17) is 0 Å². The Labute approximate surface area is 204 Å². The molecule has 0 fully saturated rings. The van der Waals surface area contributed by atoms with Crippen molar-refractivity contribution in [3.05, 3.63) is 0 Å². The molecule has 0 spiro atoms. The first kappa shape index (κ1) is 33.8. The summed E-state index contributed by atoms with van der Waals surface area (Å²) >= 11 is 0. The Morgan fingerprint density at radius 2 is 0.806 bits per heavy atom. The molecule has 31 heavy (non-hydrogen) atoms. The van der Waals surface area contributed by atoms with E-state index in [2.05, 4.69) is 25.9 Å². The molecule has 0 aliphatic carbocycles. The van der Waals surface area contributed by atoms with Crippen LogP contribution in [0.2, 0.25) is 0 Å². The summed E-state index contributed by atoms with van der Waals surface area (Å²) in [5.74, 6) is 0. The normalized spacial score (nSPS) is 12.1. The fourth-order valence-corrected chi connectivity index (χ4v) is 9.57. The number of rotatable bonds is 25. The first-order valence-corrected chi connectivity index (χ1v) is 16.7. The summed E-state index contributed by atoms with van der Waals surface area (Å²) in [5.41, 5.74) is 0. The van der Waals surface area contributed by atoms with E-state index in [0.717, 1.165) is 13.0 Å². The monoisotopic (exact) mass is 481 g/mol. The number of hydrogen-bond donors (Lipinski definition) is 2. The molecular formula is C27H61ClNOP. The summed E-state index contributed by atoms with van der Waals surface area (Å²) in [6.07, 6.45) is 30.8. The van der Waals surface area contributed by atoms with Crippen LogP contribution in [-0.4, -0.2) is 36.7 Å². The van der Waals surface area contributed by atoms with Gasteiger partial charge in [-0.2, -0.15) is 0 Å². The summed E-state index contributed by atoms with van der Waals surface area (Å²) in [4.78, 5) is 0. The van der Waals surface area contributed by atoms with Gasteiger partial charge >= 0.3 is 192 Å². The van der Waals surface area contributed by atoms with Crippen LogP contribution in [0.25, 0.3) is 0 Å². The number of aliphatic hydroxyl groups excluding tert-OH is 1. The van der Waals surface area contributed by atoms with Gasteiger partial charge in [0.15, 0.2) is 0 Å². The Morgan fingerprint density at radius 3 is 1.13 bits per heavy atom. The molecule has 0 unspecified atom stereocenters. The molecule has 0 aromatic carbocycles. The van der Waals surface area contributed by atoms with E-state index in [0.29, 0.717) is 6.61 Å². The van der Waals surface area contributed by atoms with Gasteiger partial charge in [-0.15, -0.1) is 12.4 Å². The molecule has 2 nitrogen and oxygen atoms in total. The molecule has 0 rings (SSSR count). The standard InChI is InChI=1S/C27H60NOP.ClH/c1-4-7-10-13-16-19-25-30(28-23-22-24-29,26-20-17-14-11-8-5-2)27-21-18-15-12-9-6-3;/h28-30H,4-27H2,1-3H3;1H. The second kappa shape index (κ2) is 26.9. The predicted molar refractivity (Wildman–Crippen MR) is 150 cm³/mol. The average Bonchev–Trinajstić information content (AvgIpc) is 2.75. The minimum absolute atomic E-state index is 0. The molecule has 0 aliphatic rings. The largest absolute Gasteiger partial charge is 0.147 e. The molecule has 0 aliphatic heterocycles. The van der Waals surface area contributed by atoms with Crippen molar-refractivity contribution in [3.63, 3.8) is 0 Å². The van der Waals surface area contributed by atoms with Crippen molar-refractivity contribution in [1.29, 1.82) is 0 Å². The summed E-state index contributed by atoms with van der Waals surface area (Å²) in [6.45, 7) is 8.31. The first-order chi connectivity index (χ1) is 14.7. The third-order valence-electron chi connectivity index (χ3n) is 6.86. The molecule has 0 radical (unpaired) electrons. The molecule has 0 saturated heterocycles. The molecule has 0 bridgehead atoms. The van der Waals surface area contributed by atoms with Crippen LogP contribution in [0.1, 0.15) is 143 Å². The van der Waals surface area contributed by atoms with E-state index in [9.17, 15) is 5.11 Å². The Bertz CT molecular complexity index is 290. The van der Waals surface area contributed by atoms with Crippen molar-refractivity contribution >= 4 is 19.8 Å². The molecule has 0 amide bonds. The maximum absolute atomic E-state index is 9.33. The Morgan fingerprint density at radius 1 is 0.484 bits per heavy atom. The van der Waals surface area contributed by atoms with E-state index in [-0.39, 0.29) is 12.4 Å². The van der Waals surface area contributed by atoms with Gasteiger partial charge in [-0.3, -0.25) is 0 Å². The van der Waals surface area contributed by atoms with Gasteiger partial charge in [-0.05, 0) is 0 Å². The third kappa shape index (κ3) is 22.2. The zero-order valence-corrected chi connectivity index (χ0v) is 23.6. The maximum Gasteiger partial charge on any atom is -0.147 e. The molecular weight excluding hydrogens is 421 g/mol. The van der Waals surface area contributed by atoms with Gasteiger partial charge < -0.3 is 0 Å². The van der Waals surface area contributed by atoms with Crippen LogP contribution in [0, 0.1) is 0 Å². The molecule has 0 heterocycles. The van der Waals surface area contributed by atoms with Crippen molar-refractivity contribution in [3.8, 4) is 0 Å². The van der Waals surface area contributed by atoms with Crippen LogP contribution in [0.3, 0.4) is 0 Å². The van der Waals surface area contributed by atoms with Gasteiger partial charge in [0.2, 0.25) is 0 Å². The molecule has 0 aromatic rings. The fraction of sp³-hybridized carbons (Fsp3) is 1.00. The fourth-order valence-electron chi connectivity index (χ4n) is 4.80. The molecule has 4 heteroatoms. The van der Waals surface area contributed by atoms with Crippen LogP contribution < -0.4 is 5.09 Å². The van der Waals surface area contributed by atoms with Crippen LogP contribution in [0.5, 0.6) is 0 Å². The summed E-state index contributed by atoms with van der Waals surface area (Å²) in [5, 5.41) is 13.4. The van der Waals surface area contributed by atoms with Crippen molar-refractivity contribution in [2.75, 3.05) is 31.6 Å². The topological polar surface area (TPSA) is 32.3 Å². The van der Waals surface area contributed by atoms with Gasteiger partial charge in [-0.25, -0.2) is 0 Å². The van der Waals surface area contributed by atoms with Crippen LogP contribution in [0.4, 0.5) is 0 Å². The predicted octanol–water partition coefficient (Wildman–Crippen LogP) is 9.13. The molecule has 0 aromatic heterocycles. The Balaban J connectivity index is 0. The third-order valence-corrected chi connectivity index (χ3v) is 11.8. The number of hydrogen-bond acceptors (Lipinski definition) is 2. The van der Waals surface area contributed by atoms with Gasteiger partial charge in [0.1, 0.15) is 0 Å². The van der Waals surface area contributed by atoms with E-state index in [1.807, 2.05) is 0 Å². The molecule has 0 saturated carbocycles. The second-order valence-electron chi connectivity index (χ2n) is 9.84. The van der Waals surface area contributed by atoms with Crippen LogP contribution >= 0.6 is 19.8 Å².